The van der Waals surface area contributed by atoms with Crippen molar-refractivity contribution in [2.45, 2.75) is 24.7 Å². The Morgan fingerprint density at radius 3 is 3.00 bits per heavy atom. The van der Waals surface area contributed by atoms with E-state index in [0.717, 1.165) is 5.39 Å². The number of H-pyrrole nitrogens is 1. The van der Waals surface area contributed by atoms with Crippen molar-refractivity contribution >= 4 is 34.4 Å². The zero-order chi connectivity index (χ0) is 22.2. The quantitative estimate of drug-likeness (QED) is 0.612. The van der Waals surface area contributed by atoms with E-state index in [2.05, 4.69) is 19.9 Å². The van der Waals surface area contributed by atoms with Gasteiger partial charge in [0.25, 0.3) is 0 Å². The molecule has 0 bridgehead atoms. The third-order valence-corrected chi connectivity index (χ3v) is 5.24. The highest BCUT2D eigenvalue weighted by Crippen LogP contribution is 2.30. The molecule has 2 N–H and O–H groups in total. The number of nitrogens with one attached hydrogen (secondary N) is 2. The summed E-state index contributed by atoms with van der Waals surface area (Å²) in [6.45, 7) is -1.09. The van der Waals surface area contributed by atoms with Crippen LogP contribution in [-0.2, 0) is 9.53 Å². The average Bonchev–Trinajstić information content (AvgIpc) is 3.35. The van der Waals surface area contributed by atoms with Gasteiger partial charge in [-0.1, -0.05) is 11.6 Å². The number of fused-ring (bicyclic) bond motifs is 1. The van der Waals surface area contributed by atoms with Gasteiger partial charge in [-0.25, -0.2) is 15.0 Å². The highest BCUT2D eigenvalue weighted by Gasteiger charge is 2.39. The van der Waals surface area contributed by atoms with E-state index in [4.69, 9.17) is 16.3 Å². The number of anilines is 1. The number of aromatic amines is 1. The topological polar surface area (TPSA) is 96.0 Å². The van der Waals surface area contributed by atoms with Crippen molar-refractivity contribution in [3.05, 3.63) is 35.7 Å². The summed E-state index contributed by atoms with van der Waals surface area (Å²) in [4.78, 5) is 30.2. The molecule has 4 heterocycles. The lowest BCUT2D eigenvalue weighted by Gasteiger charge is -2.25. The molecule has 1 aliphatic heterocycles. The van der Waals surface area contributed by atoms with Crippen molar-refractivity contribution in [1.29, 1.82) is 0 Å². The third-order valence-electron chi connectivity index (χ3n) is 5.04. The summed E-state index contributed by atoms with van der Waals surface area (Å²) >= 11 is 6.05. The summed E-state index contributed by atoms with van der Waals surface area (Å²) in [6, 6.07) is 2.48. The van der Waals surface area contributed by atoms with Gasteiger partial charge in [0.2, 0.25) is 5.91 Å². The molecule has 0 aromatic carbocycles. The molecule has 31 heavy (non-hydrogen) atoms. The minimum absolute atomic E-state index is 0. The number of methoxy groups -OCH3 is 1. The number of carbonyl (C=O) groups is 1. The average molecular weight is 457 g/mol. The zero-order valence-electron chi connectivity index (χ0n) is 16.3. The molecule has 1 fully saturated rings. The van der Waals surface area contributed by atoms with Crippen molar-refractivity contribution in [3.8, 4) is 11.4 Å². The van der Waals surface area contributed by atoms with Crippen molar-refractivity contribution in [2.24, 2.45) is 0 Å². The largest absolute Gasteiger partial charge is 0.405 e. The van der Waals surface area contributed by atoms with E-state index in [-0.39, 0.29) is 14.0 Å². The molecule has 1 saturated heterocycles. The molecule has 1 amide bonds. The van der Waals surface area contributed by atoms with Gasteiger partial charge in [0.1, 0.15) is 24.1 Å². The van der Waals surface area contributed by atoms with Crippen LogP contribution in [0.4, 0.5) is 19.0 Å². The minimum Gasteiger partial charge on any atom is -0.380 e. The maximum absolute atomic E-state index is 12.5. The molecule has 4 rings (SSSR count). The number of halogens is 4. The Bertz CT molecular complexity index is 1110. The SMILES string of the molecule is CO[C@H]1C[C@H](C(=O)NCC(F)(F)F)N(c2ccnc(-c3c[nH]c4ncc(Cl)cc34)n2)C1.[HH]. The summed E-state index contributed by atoms with van der Waals surface area (Å²) in [7, 11) is 1.49. The highest BCUT2D eigenvalue weighted by atomic mass is 35.5. The first kappa shape index (κ1) is 21.3. The second-order valence-corrected chi connectivity index (χ2v) is 7.52. The zero-order valence-corrected chi connectivity index (χ0v) is 17.0. The van der Waals surface area contributed by atoms with Gasteiger partial charge >= 0.3 is 6.18 Å². The monoisotopic (exact) mass is 456 g/mol. The number of alkyl halides is 3. The van der Waals surface area contributed by atoms with Crippen LogP contribution < -0.4 is 10.2 Å². The number of ether oxygens (including phenoxy) is 1. The van der Waals surface area contributed by atoms with Crippen molar-refractivity contribution in [1.82, 2.24) is 25.3 Å². The summed E-state index contributed by atoms with van der Waals surface area (Å²) in [5, 5.41) is 3.12. The van der Waals surface area contributed by atoms with Crippen LogP contribution in [0.1, 0.15) is 7.85 Å². The Kier molecular flexibility index (Phi) is 5.71. The van der Waals surface area contributed by atoms with Gasteiger partial charge in [-0.2, -0.15) is 13.2 Å². The van der Waals surface area contributed by atoms with Crippen molar-refractivity contribution in [3.63, 3.8) is 0 Å². The Morgan fingerprint density at radius 1 is 1.45 bits per heavy atom. The lowest BCUT2D eigenvalue weighted by molar-refractivity contribution is -0.139. The highest BCUT2D eigenvalue weighted by molar-refractivity contribution is 6.31. The number of rotatable bonds is 5. The molecule has 0 spiro atoms. The van der Waals surface area contributed by atoms with Crippen LogP contribution in [0.15, 0.2) is 30.7 Å². The molecular formula is C19H20ClF3N6O2. The van der Waals surface area contributed by atoms with Crippen LogP contribution in [0, 0.1) is 0 Å². The number of hydrogen-bond acceptors (Lipinski definition) is 6. The number of nitrogens with zero attached hydrogens (tertiary/aromatic N) is 4. The Morgan fingerprint density at radius 2 is 2.26 bits per heavy atom. The number of amides is 1. The van der Waals surface area contributed by atoms with E-state index in [1.54, 1.807) is 23.2 Å². The molecule has 0 unspecified atom stereocenters. The number of hydrogen-bond donors (Lipinski definition) is 2. The van der Waals surface area contributed by atoms with E-state index in [1.165, 1.54) is 19.5 Å². The molecule has 3 aromatic heterocycles. The van der Waals surface area contributed by atoms with Crippen molar-refractivity contribution < 1.29 is 24.1 Å². The summed E-state index contributed by atoms with van der Waals surface area (Å²) in [6.07, 6.45) is 0.164. The predicted molar refractivity (Wildman–Crippen MR) is 110 cm³/mol. The fourth-order valence-electron chi connectivity index (χ4n) is 3.58. The van der Waals surface area contributed by atoms with Gasteiger partial charge in [-0.05, 0) is 12.1 Å². The van der Waals surface area contributed by atoms with Gasteiger partial charge < -0.3 is 19.9 Å². The number of pyridine rings is 1. The molecule has 1 aliphatic rings. The molecular weight excluding hydrogens is 437 g/mol. The molecule has 2 atom stereocenters. The lowest BCUT2D eigenvalue weighted by Crippen LogP contribution is -2.46. The number of carbonyl (C=O) groups excluding carboxylic acids is 1. The Hall–Kier alpha value is -2.92. The van der Waals surface area contributed by atoms with E-state index in [0.29, 0.717) is 34.4 Å². The molecule has 0 radical (unpaired) electrons. The summed E-state index contributed by atoms with van der Waals surface area (Å²) < 4.78 is 43.0. The van der Waals surface area contributed by atoms with Crippen LogP contribution in [-0.4, -0.2) is 64.4 Å². The second-order valence-electron chi connectivity index (χ2n) is 7.09. The Balaban J connectivity index is 0.00000289. The molecule has 3 aromatic rings. The molecule has 0 aliphatic carbocycles. The lowest BCUT2D eigenvalue weighted by atomic mass is 10.2. The van der Waals surface area contributed by atoms with E-state index < -0.39 is 24.7 Å². The molecule has 166 valence electrons. The van der Waals surface area contributed by atoms with Crippen LogP contribution >= 0.6 is 11.6 Å². The summed E-state index contributed by atoms with van der Waals surface area (Å²) in [5.74, 6) is 0.0318. The fraction of sp³-hybridized carbons (Fsp3) is 0.368. The van der Waals surface area contributed by atoms with E-state index >= 15 is 0 Å². The van der Waals surface area contributed by atoms with Crippen LogP contribution in [0.2, 0.25) is 5.02 Å². The third kappa shape index (κ3) is 4.57. The first-order valence-corrected chi connectivity index (χ1v) is 9.73. The van der Waals surface area contributed by atoms with Gasteiger partial charge in [-0.15, -0.1) is 0 Å². The van der Waals surface area contributed by atoms with E-state index in [1.807, 2.05) is 5.32 Å². The predicted octanol–water partition coefficient (Wildman–Crippen LogP) is 3.19. The Labute approximate surface area is 181 Å². The maximum Gasteiger partial charge on any atom is 0.405 e. The summed E-state index contributed by atoms with van der Waals surface area (Å²) in [5.41, 5.74) is 1.27. The van der Waals surface area contributed by atoms with E-state index in [9.17, 15) is 18.0 Å². The molecule has 12 heteroatoms. The van der Waals surface area contributed by atoms with Gasteiger partial charge in [0.15, 0.2) is 5.82 Å². The minimum atomic E-state index is -4.49. The maximum atomic E-state index is 12.5. The first-order valence-electron chi connectivity index (χ1n) is 9.35. The van der Waals surface area contributed by atoms with Crippen molar-refractivity contribution in [2.75, 3.05) is 25.1 Å². The molecule has 8 nitrogen and oxygen atoms in total. The molecule has 0 saturated carbocycles. The van der Waals surface area contributed by atoms with Crippen LogP contribution in [0.25, 0.3) is 22.4 Å². The van der Waals surface area contributed by atoms with Gasteiger partial charge in [0, 0.05) is 51.0 Å². The van der Waals surface area contributed by atoms with Crippen LogP contribution in [0.3, 0.4) is 0 Å². The smallest absolute Gasteiger partial charge is 0.380 e. The standard InChI is InChI=1S/C19H18ClF3N6O2.H2/c1-31-11-5-14(18(30)27-9-19(21,22)23)29(8-11)15-2-3-24-17(28-15)13-7-26-16-12(13)4-10(20)6-25-16;/h2-4,6-7,11,14H,5,8-9H2,1H3,(H,25,26)(H,27,30);1H/t11-,14+;/m0./s1. The fourth-order valence-corrected chi connectivity index (χ4v) is 3.73. The second kappa shape index (κ2) is 8.31. The number of aromatic nitrogens is 4. The first-order chi connectivity index (χ1) is 14.7. The normalized spacial score (nSPS) is 19.2. The van der Waals surface area contributed by atoms with Gasteiger partial charge in [-0.3, -0.25) is 4.79 Å². The van der Waals surface area contributed by atoms with Crippen LogP contribution in [0.5, 0.6) is 0 Å². The van der Waals surface area contributed by atoms with Gasteiger partial charge in [0.05, 0.1) is 11.1 Å².